The molecule has 2 aromatic rings. The quantitative estimate of drug-likeness (QED) is 0.329. The molecule has 1 amide bonds. The van der Waals surface area contributed by atoms with Crippen LogP contribution in [0.15, 0.2) is 36.4 Å². The zero-order chi connectivity index (χ0) is 23.0. The van der Waals surface area contributed by atoms with Crippen molar-refractivity contribution in [2.45, 2.75) is 30.5 Å². The van der Waals surface area contributed by atoms with E-state index in [1.165, 1.54) is 24.3 Å². The van der Waals surface area contributed by atoms with Crippen LogP contribution in [-0.2, 0) is 0 Å². The van der Waals surface area contributed by atoms with Gasteiger partial charge in [-0.05, 0) is 48.2 Å². The minimum absolute atomic E-state index is 0.0181. The molecular weight excluding hydrogens is 493 g/mol. The Hall–Kier alpha value is -1.84. The molecule has 0 bridgehead atoms. The lowest BCUT2D eigenvalue weighted by atomic mass is 9.97. The van der Waals surface area contributed by atoms with Gasteiger partial charge in [-0.15, -0.1) is 6.42 Å². The van der Waals surface area contributed by atoms with Crippen molar-refractivity contribution in [3.8, 4) is 12.3 Å². The first-order chi connectivity index (χ1) is 14.5. The average Bonchev–Trinajstić information content (AvgIpc) is 3.45. The van der Waals surface area contributed by atoms with E-state index in [0.717, 1.165) is 18.2 Å². The largest absolute Gasteiger partial charge is 0.399 e. The number of halogens is 7. The summed E-state index contributed by atoms with van der Waals surface area (Å²) in [6.45, 7) is 0. The van der Waals surface area contributed by atoms with Gasteiger partial charge in [-0.25, -0.2) is 0 Å². The number of amides is 1. The molecule has 0 saturated heterocycles. The Kier molecular flexibility index (Phi) is 6.88. The number of carbonyl (C=O) groups is 1. The molecule has 9 heteroatoms. The Labute approximate surface area is 197 Å². The van der Waals surface area contributed by atoms with Crippen molar-refractivity contribution in [1.82, 2.24) is 5.32 Å². The third kappa shape index (κ3) is 5.51. The minimum atomic E-state index is -4.60. The molecule has 1 fully saturated rings. The zero-order valence-electron chi connectivity index (χ0n) is 15.7. The summed E-state index contributed by atoms with van der Waals surface area (Å²) in [5.74, 6) is 0.123. The first kappa shape index (κ1) is 23.8. The van der Waals surface area contributed by atoms with Gasteiger partial charge < -0.3 is 5.32 Å². The molecule has 0 aromatic heterocycles. The maximum absolute atomic E-state index is 13.7. The predicted molar refractivity (Wildman–Crippen MR) is 119 cm³/mol. The first-order valence-corrected chi connectivity index (χ1v) is 10.5. The van der Waals surface area contributed by atoms with Crippen LogP contribution in [-0.4, -0.2) is 17.6 Å². The predicted octanol–water partition coefficient (Wildman–Crippen LogP) is 7.56. The molecule has 2 nitrogen and oxygen atoms in total. The van der Waals surface area contributed by atoms with Gasteiger partial charge in [0.05, 0.1) is 31.6 Å². The van der Waals surface area contributed by atoms with E-state index >= 15 is 0 Å². The molecule has 1 unspecified atom stereocenters. The van der Waals surface area contributed by atoms with E-state index in [0.29, 0.717) is 18.4 Å². The van der Waals surface area contributed by atoms with Crippen molar-refractivity contribution in [3.05, 3.63) is 73.2 Å². The lowest BCUT2D eigenvalue weighted by molar-refractivity contribution is -0.139. The van der Waals surface area contributed by atoms with E-state index in [1.54, 1.807) is 0 Å². The van der Waals surface area contributed by atoms with Gasteiger partial charge in [0.15, 0.2) is 0 Å². The average molecular weight is 507 g/mol. The summed E-state index contributed by atoms with van der Waals surface area (Å²) in [5.41, 5.74) is -0.238. The van der Waals surface area contributed by atoms with Crippen molar-refractivity contribution in [2.75, 3.05) is 0 Å². The second kappa shape index (κ2) is 8.96. The Morgan fingerprint density at radius 1 is 1.10 bits per heavy atom. The van der Waals surface area contributed by atoms with Gasteiger partial charge in [0, 0.05) is 0 Å². The molecule has 1 aliphatic rings. The summed E-state index contributed by atoms with van der Waals surface area (Å²) in [5, 5.41) is 2.66. The summed E-state index contributed by atoms with van der Waals surface area (Å²) < 4.78 is 41.0. The third-order valence-electron chi connectivity index (χ3n) is 4.82. The number of carbonyl (C=O) groups excluding carboxylic acids is 1. The van der Waals surface area contributed by atoms with Crippen molar-refractivity contribution in [1.29, 1.82) is 0 Å². The second-order valence-corrected chi connectivity index (χ2v) is 8.70. The number of alkyl halides is 3. The van der Waals surface area contributed by atoms with Crippen molar-refractivity contribution in [2.24, 2.45) is 0 Å². The van der Waals surface area contributed by atoms with Crippen molar-refractivity contribution >= 4 is 58.4 Å². The van der Waals surface area contributed by atoms with Gasteiger partial charge in [-0.2, -0.15) is 13.2 Å². The standard InChI is InChI=1S/C22H14Cl4F3NO/c1-2-21(7-8-21)30-20(31)14-5-3-12(9-16(14)23)4-6-15(22(27,28)29)13-10-17(24)19(26)18(25)11-13/h1,3-6,9-11,15H,7-8H2,(H,30,31)/b6-4+. The molecule has 3 rings (SSSR count). The van der Waals surface area contributed by atoms with E-state index < -0.39 is 23.5 Å². The molecule has 0 spiro atoms. The maximum atomic E-state index is 13.7. The molecule has 1 atom stereocenters. The topological polar surface area (TPSA) is 29.1 Å². The second-order valence-electron chi connectivity index (χ2n) is 7.10. The highest BCUT2D eigenvalue weighted by Crippen LogP contribution is 2.41. The van der Waals surface area contributed by atoms with Gasteiger partial charge in [0.2, 0.25) is 0 Å². The Bertz CT molecular complexity index is 1080. The number of benzene rings is 2. The molecule has 0 heterocycles. The molecule has 0 radical (unpaired) electrons. The highest BCUT2D eigenvalue weighted by atomic mass is 35.5. The molecule has 31 heavy (non-hydrogen) atoms. The van der Waals surface area contributed by atoms with E-state index in [9.17, 15) is 18.0 Å². The number of hydrogen-bond donors (Lipinski definition) is 1. The number of rotatable bonds is 5. The van der Waals surface area contributed by atoms with Crippen LogP contribution in [0.25, 0.3) is 6.08 Å². The molecular formula is C22H14Cl4F3NO. The number of allylic oxidation sites excluding steroid dienone is 1. The molecule has 2 aromatic carbocycles. The monoisotopic (exact) mass is 505 g/mol. The van der Waals surface area contributed by atoms with Crippen LogP contribution in [0.3, 0.4) is 0 Å². The van der Waals surface area contributed by atoms with Gasteiger partial charge in [0.1, 0.15) is 5.54 Å². The van der Waals surface area contributed by atoms with Crippen LogP contribution in [0.4, 0.5) is 13.2 Å². The molecule has 162 valence electrons. The van der Waals surface area contributed by atoms with Crippen LogP contribution < -0.4 is 5.32 Å². The van der Waals surface area contributed by atoms with E-state index in [2.05, 4.69) is 11.2 Å². The highest BCUT2D eigenvalue weighted by Gasteiger charge is 2.42. The van der Waals surface area contributed by atoms with Gasteiger partial charge in [0.25, 0.3) is 5.91 Å². The fraction of sp³-hybridized carbons (Fsp3) is 0.227. The summed E-state index contributed by atoms with van der Waals surface area (Å²) in [4.78, 5) is 12.4. The summed E-state index contributed by atoms with van der Waals surface area (Å²) in [7, 11) is 0. The van der Waals surface area contributed by atoms with Crippen LogP contribution in [0.2, 0.25) is 20.1 Å². The zero-order valence-corrected chi connectivity index (χ0v) is 18.7. The molecule has 1 aliphatic carbocycles. The van der Waals surface area contributed by atoms with Gasteiger partial charge in [-0.1, -0.05) is 70.5 Å². The number of hydrogen-bond acceptors (Lipinski definition) is 1. The van der Waals surface area contributed by atoms with Crippen LogP contribution in [0, 0.1) is 12.3 Å². The van der Waals surface area contributed by atoms with Crippen molar-refractivity contribution < 1.29 is 18.0 Å². The van der Waals surface area contributed by atoms with Crippen LogP contribution >= 0.6 is 46.4 Å². The smallest absolute Gasteiger partial charge is 0.336 e. The number of terminal acetylenes is 1. The summed E-state index contributed by atoms with van der Waals surface area (Å²) in [6.07, 6.45) is 4.39. The Morgan fingerprint density at radius 2 is 1.71 bits per heavy atom. The van der Waals surface area contributed by atoms with Gasteiger partial charge >= 0.3 is 6.18 Å². The third-order valence-corrected chi connectivity index (χ3v) is 6.33. The van der Waals surface area contributed by atoms with Crippen LogP contribution in [0.1, 0.15) is 40.2 Å². The number of nitrogens with one attached hydrogen (secondary N) is 1. The molecule has 1 N–H and O–H groups in total. The lowest BCUT2D eigenvalue weighted by Gasteiger charge is -2.18. The van der Waals surface area contributed by atoms with E-state index in [4.69, 9.17) is 52.8 Å². The minimum Gasteiger partial charge on any atom is -0.336 e. The highest BCUT2D eigenvalue weighted by molar-refractivity contribution is 6.48. The van der Waals surface area contributed by atoms with Crippen LogP contribution in [0.5, 0.6) is 0 Å². The van der Waals surface area contributed by atoms with Gasteiger partial charge in [-0.3, -0.25) is 4.79 Å². The Morgan fingerprint density at radius 3 is 2.19 bits per heavy atom. The maximum Gasteiger partial charge on any atom is 0.399 e. The fourth-order valence-electron chi connectivity index (χ4n) is 2.91. The molecule has 1 saturated carbocycles. The molecule has 0 aliphatic heterocycles. The fourth-order valence-corrected chi connectivity index (χ4v) is 3.79. The SMILES string of the molecule is C#CC1(NC(=O)c2ccc(/C=C/C(c3cc(Cl)c(Cl)c(Cl)c3)C(F)(F)F)cc2Cl)CC1. The van der Waals surface area contributed by atoms with Crippen molar-refractivity contribution in [3.63, 3.8) is 0 Å². The van der Waals surface area contributed by atoms with E-state index in [1.807, 2.05) is 0 Å². The summed E-state index contributed by atoms with van der Waals surface area (Å²) in [6, 6.07) is 6.57. The first-order valence-electron chi connectivity index (χ1n) is 8.95. The summed E-state index contributed by atoms with van der Waals surface area (Å²) >= 11 is 23.8. The Balaban J connectivity index is 1.85. The normalized spacial score (nSPS) is 16.1. The van der Waals surface area contributed by atoms with E-state index in [-0.39, 0.29) is 31.2 Å². The lowest BCUT2D eigenvalue weighted by Crippen LogP contribution is -2.35.